The first kappa shape index (κ1) is 10.8. The van der Waals surface area contributed by atoms with Crippen molar-refractivity contribution in [1.82, 2.24) is 0 Å². The Hall–Kier alpha value is -0.670. The maximum absolute atomic E-state index is 9.71. The van der Waals surface area contributed by atoms with E-state index in [1.165, 1.54) is 4.90 Å². The molecule has 0 heterocycles. The van der Waals surface area contributed by atoms with Crippen LogP contribution >= 0.6 is 11.8 Å². The first-order chi connectivity index (χ1) is 7.29. The van der Waals surface area contributed by atoms with Crippen LogP contribution in [0.25, 0.3) is 0 Å². The van der Waals surface area contributed by atoms with Crippen molar-refractivity contribution in [3.8, 4) is 0 Å². The molecule has 0 bridgehead atoms. The summed E-state index contributed by atoms with van der Waals surface area (Å²) in [6, 6.07) is 8.58. The first-order valence-electron chi connectivity index (χ1n) is 5.38. The Balaban J connectivity index is 2.03. The molecular weight excluding hydrogens is 206 g/mol. The number of hydrogen-bond donors (Lipinski definition) is 2. The molecule has 0 unspecified atom stereocenters. The highest BCUT2D eigenvalue weighted by molar-refractivity contribution is 7.98. The highest BCUT2D eigenvalue weighted by atomic mass is 32.2. The van der Waals surface area contributed by atoms with Gasteiger partial charge in [-0.1, -0.05) is 6.07 Å². The van der Waals surface area contributed by atoms with E-state index >= 15 is 0 Å². The lowest BCUT2D eigenvalue weighted by Gasteiger charge is -2.18. The number of aliphatic hydroxyl groups is 1. The van der Waals surface area contributed by atoms with Crippen molar-refractivity contribution in [2.45, 2.75) is 36.3 Å². The van der Waals surface area contributed by atoms with Crippen molar-refractivity contribution in [1.29, 1.82) is 0 Å². The van der Waals surface area contributed by atoms with Gasteiger partial charge in [-0.3, -0.25) is 0 Å². The van der Waals surface area contributed by atoms with E-state index in [4.69, 9.17) is 0 Å². The highest BCUT2D eigenvalue weighted by Crippen LogP contribution is 2.25. The molecule has 0 aliphatic heterocycles. The molecule has 2 N–H and O–H groups in total. The van der Waals surface area contributed by atoms with Crippen LogP contribution < -0.4 is 5.32 Å². The van der Waals surface area contributed by atoms with Crippen LogP contribution in [0.15, 0.2) is 29.2 Å². The summed E-state index contributed by atoms with van der Waals surface area (Å²) in [6.07, 6.45) is 5.03. The van der Waals surface area contributed by atoms with Crippen molar-refractivity contribution < 1.29 is 5.11 Å². The third-order valence-corrected chi connectivity index (χ3v) is 3.63. The standard InChI is InChI=1S/C12H17NOS/c1-15-10-5-2-4-9(8-10)13-11-6-3-7-12(11)14/h2,4-5,8,11-14H,3,6-7H2,1H3/t11-,12-/m0/s1. The van der Waals surface area contributed by atoms with Gasteiger partial charge in [-0.25, -0.2) is 0 Å². The maximum atomic E-state index is 9.71. The zero-order valence-electron chi connectivity index (χ0n) is 8.94. The van der Waals surface area contributed by atoms with Gasteiger partial charge in [0.1, 0.15) is 0 Å². The van der Waals surface area contributed by atoms with Crippen LogP contribution in [-0.2, 0) is 0 Å². The topological polar surface area (TPSA) is 32.3 Å². The Labute approximate surface area is 95.1 Å². The van der Waals surface area contributed by atoms with E-state index in [-0.39, 0.29) is 12.1 Å². The second kappa shape index (κ2) is 4.90. The van der Waals surface area contributed by atoms with E-state index < -0.39 is 0 Å². The van der Waals surface area contributed by atoms with Gasteiger partial charge in [-0.2, -0.15) is 0 Å². The van der Waals surface area contributed by atoms with Gasteiger partial charge in [0, 0.05) is 10.6 Å². The van der Waals surface area contributed by atoms with Crippen LogP contribution in [0, 0.1) is 0 Å². The number of rotatable bonds is 3. The molecule has 0 radical (unpaired) electrons. The zero-order valence-corrected chi connectivity index (χ0v) is 9.76. The molecule has 1 aliphatic carbocycles. The van der Waals surface area contributed by atoms with Crippen molar-refractivity contribution in [3.63, 3.8) is 0 Å². The Morgan fingerprint density at radius 3 is 2.93 bits per heavy atom. The number of nitrogens with one attached hydrogen (secondary N) is 1. The van der Waals surface area contributed by atoms with Crippen LogP contribution in [0.5, 0.6) is 0 Å². The molecule has 1 saturated carbocycles. The number of thioether (sulfide) groups is 1. The van der Waals surface area contributed by atoms with Crippen LogP contribution in [0.2, 0.25) is 0 Å². The van der Waals surface area contributed by atoms with Gasteiger partial charge >= 0.3 is 0 Å². The third-order valence-electron chi connectivity index (χ3n) is 2.90. The lowest BCUT2D eigenvalue weighted by atomic mass is 10.2. The van der Waals surface area contributed by atoms with E-state index in [9.17, 15) is 5.11 Å². The number of aliphatic hydroxyl groups excluding tert-OH is 1. The SMILES string of the molecule is CSc1cccc(N[C@H]2CCC[C@@H]2O)c1. The summed E-state index contributed by atoms with van der Waals surface area (Å²) in [7, 11) is 0. The van der Waals surface area contributed by atoms with E-state index in [0.717, 1.165) is 24.9 Å². The van der Waals surface area contributed by atoms with Crippen LogP contribution in [0.1, 0.15) is 19.3 Å². The Kier molecular flexibility index (Phi) is 3.54. The van der Waals surface area contributed by atoms with Gasteiger partial charge < -0.3 is 10.4 Å². The van der Waals surface area contributed by atoms with Crippen molar-refractivity contribution in [2.75, 3.05) is 11.6 Å². The molecule has 1 aliphatic rings. The lowest BCUT2D eigenvalue weighted by molar-refractivity contribution is 0.172. The molecule has 1 fully saturated rings. The maximum Gasteiger partial charge on any atom is 0.0741 e. The number of hydrogen-bond acceptors (Lipinski definition) is 3. The lowest BCUT2D eigenvalue weighted by Crippen LogP contribution is -2.27. The summed E-state index contributed by atoms with van der Waals surface area (Å²) < 4.78 is 0. The molecule has 2 atom stereocenters. The predicted molar refractivity (Wildman–Crippen MR) is 65.5 cm³/mol. The van der Waals surface area contributed by atoms with Crippen LogP contribution in [-0.4, -0.2) is 23.5 Å². The fourth-order valence-electron chi connectivity index (χ4n) is 2.04. The molecule has 2 nitrogen and oxygen atoms in total. The summed E-state index contributed by atoms with van der Waals surface area (Å²) in [5.74, 6) is 0. The fourth-order valence-corrected chi connectivity index (χ4v) is 2.50. The Morgan fingerprint density at radius 2 is 2.27 bits per heavy atom. The minimum absolute atomic E-state index is 0.178. The van der Waals surface area contributed by atoms with E-state index in [2.05, 4.69) is 35.8 Å². The molecule has 82 valence electrons. The molecule has 0 saturated heterocycles. The van der Waals surface area contributed by atoms with Gasteiger partial charge in [0.05, 0.1) is 12.1 Å². The Bertz CT molecular complexity index is 329. The average molecular weight is 223 g/mol. The van der Waals surface area contributed by atoms with Gasteiger partial charge in [-0.05, 0) is 43.7 Å². The molecule has 15 heavy (non-hydrogen) atoms. The normalized spacial score (nSPS) is 25.5. The largest absolute Gasteiger partial charge is 0.391 e. The zero-order chi connectivity index (χ0) is 10.7. The predicted octanol–water partition coefficient (Wildman–Crippen LogP) is 2.73. The third kappa shape index (κ3) is 2.67. The van der Waals surface area contributed by atoms with Crippen LogP contribution in [0.3, 0.4) is 0 Å². The molecule has 2 rings (SSSR count). The smallest absolute Gasteiger partial charge is 0.0741 e. The van der Waals surface area contributed by atoms with Gasteiger partial charge in [0.25, 0.3) is 0 Å². The second-order valence-corrected chi connectivity index (χ2v) is 4.86. The number of anilines is 1. The molecule has 3 heteroatoms. The average Bonchev–Trinajstić information content (AvgIpc) is 2.65. The minimum Gasteiger partial charge on any atom is -0.391 e. The molecule has 1 aromatic carbocycles. The summed E-state index contributed by atoms with van der Waals surface area (Å²) >= 11 is 1.74. The van der Waals surface area contributed by atoms with E-state index in [1.807, 2.05) is 0 Å². The summed E-state index contributed by atoms with van der Waals surface area (Å²) in [6.45, 7) is 0. The second-order valence-electron chi connectivity index (χ2n) is 3.98. The van der Waals surface area contributed by atoms with E-state index in [1.54, 1.807) is 11.8 Å². The molecule has 0 aromatic heterocycles. The van der Waals surface area contributed by atoms with Crippen molar-refractivity contribution >= 4 is 17.4 Å². The molecular formula is C12H17NOS. The minimum atomic E-state index is -0.178. The molecule has 0 amide bonds. The molecule has 0 spiro atoms. The molecule has 1 aromatic rings. The highest BCUT2D eigenvalue weighted by Gasteiger charge is 2.24. The Morgan fingerprint density at radius 1 is 1.40 bits per heavy atom. The summed E-state index contributed by atoms with van der Waals surface area (Å²) in [4.78, 5) is 1.26. The quantitative estimate of drug-likeness (QED) is 0.773. The first-order valence-corrected chi connectivity index (χ1v) is 6.61. The van der Waals surface area contributed by atoms with E-state index in [0.29, 0.717) is 0 Å². The van der Waals surface area contributed by atoms with Gasteiger partial charge in [-0.15, -0.1) is 11.8 Å². The number of benzene rings is 1. The summed E-state index contributed by atoms with van der Waals surface area (Å²) in [5.41, 5.74) is 1.12. The van der Waals surface area contributed by atoms with Gasteiger partial charge in [0.2, 0.25) is 0 Å². The van der Waals surface area contributed by atoms with Gasteiger partial charge in [0.15, 0.2) is 0 Å². The monoisotopic (exact) mass is 223 g/mol. The fraction of sp³-hybridized carbons (Fsp3) is 0.500. The van der Waals surface area contributed by atoms with Crippen molar-refractivity contribution in [2.24, 2.45) is 0 Å². The van der Waals surface area contributed by atoms with Crippen molar-refractivity contribution in [3.05, 3.63) is 24.3 Å². The summed E-state index contributed by atoms with van der Waals surface area (Å²) in [5, 5.41) is 13.1. The van der Waals surface area contributed by atoms with Crippen LogP contribution in [0.4, 0.5) is 5.69 Å².